The first kappa shape index (κ1) is 23.4. The Morgan fingerprint density at radius 2 is 1.59 bits per heavy atom. The molecule has 7 nitrogen and oxygen atoms in total. The van der Waals surface area contributed by atoms with Gasteiger partial charge in [0.1, 0.15) is 0 Å². The molecule has 1 aliphatic carbocycles. The molecule has 1 amide bonds. The number of carbonyl (C=O) groups excluding carboxylic acids is 1. The van der Waals surface area contributed by atoms with Gasteiger partial charge in [-0.05, 0) is 47.7 Å². The van der Waals surface area contributed by atoms with Gasteiger partial charge in [0.2, 0.25) is 17.1 Å². The Labute approximate surface area is 188 Å². The lowest BCUT2D eigenvalue weighted by atomic mass is 9.93. The van der Waals surface area contributed by atoms with Crippen LogP contribution in [-0.4, -0.2) is 34.3 Å². The van der Waals surface area contributed by atoms with Crippen LogP contribution in [0.1, 0.15) is 44.4 Å². The lowest BCUT2D eigenvalue weighted by Crippen LogP contribution is -2.37. The van der Waals surface area contributed by atoms with Crippen LogP contribution in [0, 0.1) is 5.41 Å². The molecule has 0 aliphatic heterocycles. The average molecular weight is 442 g/mol. The minimum atomic E-state index is -0.571. The minimum absolute atomic E-state index is 0.0903. The highest BCUT2D eigenvalue weighted by atomic mass is 16.5. The number of aryl methyl sites for hydroxylation is 1. The second kappa shape index (κ2) is 9.10. The van der Waals surface area contributed by atoms with E-state index in [0.717, 1.165) is 16.7 Å². The quantitative estimate of drug-likeness (QED) is 0.758. The highest BCUT2D eigenvalue weighted by Gasteiger charge is 2.31. The van der Waals surface area contributed by atoms with Crippen molar-refractivity contribution in [1.29, 1.82) is 0 Å². The number of hydrogen-bond acceptors (Lipinski definition) is 6. The molecule has 32 heavy (non-hydrogen) atoms. The van der Waals surface area contributed by atoms with Gasteiger partial charge in [0.15, 0.2) is 17.2 Å². The van der Waals surface area contributed by atoms with Gasteiger partial charge in [-0.2, -0.15) is 0 Å². The van der Waals surface area contributed by atoms with Crippen LogP contribution < -0.4 is 29.7 Å². The van der Waals surface area contributed by atoms with Crippen LogP contribution in [0.5, 0.6) is 23.0 Å². The maximum Gasteiger partial charge on any atom is 0.225 e. The number of amides is 1. The van der Waals surface area contributed by atoms with E-state index in [0.29, 0.717) is 35.7 Å². The first-order valence-electron chi connectivity index (χ1n) is 10.5. The molecule has 0 saturated carbocycles. The summed E-state index contributed by atoms with van der Waals surface area (Å²) in [5.41, 5.74) is 2.44. The van der Waals surface area contributed by atoms with Crippen molar-refractivity contribution in [3.05, 3.63) is 45.6 Å². The van der Waals surface area contributed by atoms with E-state index in [1.54, 1.807) is 33.5 Å². The summed E-state index contributed by atoms with van der Waals surface area (Å²) in [6, 6.07) is 6.60. The zero-order chi connectivity index (χ0) is 23.6. The maximum atomic E-state index is 12.9. The summed E-state index contributed by atoms with van der Waals surface area (Å²) in [5.74, 6) is 1.68. The van der Waals surface area contributed by atoms with Crippen LogP contribution >= 0.6 is 0 Å². The highest BCUT2D eigenvalue weighted by molar-refractivity contribution is 5.85. The van der Waals surface area contributed by atoms with Crippen LogP contribution in [0.15, 0.2) is 29.1 Å². The molecule has 1 atom stereocenters. The van der Waals surface area contributed by atoms with Gasteiger partial charge < -0.3 is 24.3 Å². The van der Waals surface area contributed by atoms with Crippen LogP contribution in [0.2, 0.25) is 0 Å². The Morgan fingerprint density at radius 1 is 0.938 bits per heavy atom. The predicted molar refractivity (Wildman–Crippen MR) is 123 cm³/mol. The fourth-order valence-corrected chi connectivity index (χ4v) is 3.99. The van der Waals surface area contributed by atoms with Crippen molar-refractivity contribution in [3.8, 4) is 34.1 Å². The van der Waals surface area contributed by atoms with Gasteiger partial charge in [-0.15, -0.1) is 0 Å². The molecule has 2 aromatic rings. The fourth-order valence-electron chi connectivity index (χ4n) is 3.99. The summed E-state index contributed by atoms with van der Waals surface area (Å²) < 4.78 is 22.2. The van der Waals surface area contributed by atoms with E-state index in [1.807, 2.05) is 32.9 Å². The Bertz CT molecular complexity index is 1090. The van der Waals surface area contributed by atoms with Crippen LogP contribution in [0.25, 0.3) is 11.1 Å². The fraction of sp³-hybridized carbons (Fsp3) is 0.440. The van der Waals surface area contributed by atoms with Gasteiger partial charge >= 0.3 is 0 Å². The van der Waals surface area contributed by atoms with E-state index in [-0.39, 0.29) is 23.1 Å². The van der Waals surface area contributed by atoms with Crippen molar-refractivity contribution in [2.45, 2.75) is 39.7 Å². The molecule has 2 aromatic carbocycles. The Morgan fingerprint density at radius 3 is 2.16 bits per heavy atom. The molecule has 0 heterocycles. The smallest absolute Gasteiger partial charge is 0.225 e. The number of ether oxygens (including phenoxy) is 4. The van der Waals surface area contributed by atoms with Gasteiger partial charge in [-0.25, -0.2) is 0 Å². The molecule has 172 valence electrons. The van der Waals surface area contributed by atoms with Crippen molar-refractivity contribution in [1.82, 2.24) is 5.32 Å². The lowest BCUT2D eigenvalue weighted by Gasteiger charge is -2.24. The van der Waals surface area contributed by atoms with Crippen LogP contribution in [0.4, 0.5) is 0 Å². The second-order valence-electron chi connectivity index (χ2n) is 8.77. The first-order valence-corrected chi connectivity index (χ1v) is 10.5. The number of hydrogen-bond donors (Lipinski definition) is 1. The molecule has 0 radical (unpaired) electrons. The molecule has 1 N–H and O–H groups in total. The van der Waals surface area contributed by atoms with Gasteiger partial charge in [-0.3, -0.25) is 9.59 Å². The normalized spacial score (nSPS) is 15.0. The van der Waals surface area contributed by atoms with Gasteiger partial charge in [0, 0.05) is 11.0 Å². The summed E-state index contributed by atoms with van der Waals surface area (Å²) in [5, 5.41) is 3.14. The Hall–Kier alpha value is -3.22. The molecule has 7 heteroatoms. The van der Waals surface area contributed by atoms with Crippen molar-refractivity contribution in [3.63, 3.8) is 0 Å². The van der Waals surface area contributed by atoms with E-state index in [1.165, 1.54) is 7.11 Å². The Kier molecular flexibility index (Phi) is 6.67. The summed E-state index contributed by atoms with van der Waals surface area (Å²) in [6.07, 6.45) is 1.25. The number of methoxy groups -OCH3 is 4. The standard InChI is InChI=1S/C25H31NO6/c1-25(2,3)24(28)26-17-10-8-14-12-20(30-5)22(31-6)23(32-7)21(14)15-9-11-19(29-4)18(27)13-16(15)17/h9,11-13,17H,8,10H2,1-7H3,(H,26,28)/t17-/m0/s1. The third-order valence-electron chi connectivity index (χ3n) is 5.71. The van der Waals surface area contributed by atoms with Gasteiger partial charge in [0.05, 0.1) is 34.5 Å². The zero-order valence-corrected chi connectivity index (χ0v) is 19.8. The largest absolute Gasteiger partial charge is 0.493 e. The van der Waals surface area contributed by atoms with Crippen molar-refractivity contribution < 1.29 is 23.7 Å². The molecule has 0 fully saturated rings. The van der Waals surface area contributed by atoms with Crippen LogP contribution in [-0.2, 0) is 11.2 Å². The molecule has 0 bridgehead atoms. The van der Waals surface area contributed by atoms with Crippen molar-refractivity contribution in [2.75, 3.05) is 28.4 Å². The van der Waals surface area contributed by atoms with Gasteiger partial charge in [0.25, 0.3) is 0 Å². The highest BCUT2D eigenvalue weighted by Crippen LogP contribution is 2.50. The molecule has 0 aromatic heterocycles. The zero-order valence-electron chi connectivity index (χ0n) is 19.8. The molecule has 3 rings (SSSR count). The molecular weight excluding hydrogens is 410 g/mol. The van der Waals surface area contributed by atoms with Crippen molar-refractivity contribution >= 4 is 5.91 Å². The van der Waals surface area contributed by atoms with Crippen LogP contribution in [0.3, 0.4) is 0 Å². The molecular formula is C25H31NO6. The predicted octanol–water partition coefficient (Wildman–Crippen LogP) is 3.90. The summed E-state index contributed by atoms with van der Waals surface area (Å²) in [6.45, 7) is 5.58. The minimum Gasteiger partial charge on any atom is -0.493 e. The van der Waals surface area contributed by atoms with E-state index in [2.05, 4.69) is 5.32 Å². The summed E-state index contributed by atoms with van der Waals surface area (Å²) in [7, 11) is 6.17. The monoisotopic (exact) mass is 441 g/mol. The summed E-state index contributed by atoms with van der Waals surface area (Å²) >= 11 is 0. The Balaban J connectivity index is 2.35. The van der Waals surface area contributed by atoms with E-state index in [9.17, 15) is 9.59 Å². The molecule has 1 aliphatic rings. The molecule has 0 unspecified atom stereocenters. The summed E-state index contributed by atoms with van der Waals surface area (Å²) in [4.78, 5) is 25.7. The van der Waals surface area contributed by atoms with Gasteiger partial charge in [-0.1, -0.05) is 26.8 Å². The number of benzene rings is 1. The molecule has 0 spiro atoms. The average Bonchev–Trinajstić information content (AvgIpc) is 3.00. The van der Waals surface area contributed by atoms with Crippen molar-refractivity contribution in [2.24, 2.45) is 5.41 Å². The number of carbonyl (C=O) groups is 1. The van der Waals surface area contributed by atoms with E-state index >= 15 is 0 Å². The van der Waals surface area contributed by atoms with E-state index < -0.39 is 5.41 Å². The number of fused-ring (bicyclic) bond motifs is 3. The first-order chi connectivity index (χ1) is 15.2. The topological polar surface area (TPSA) is 83.1 Å². The molecule has 0 saturated heterocycles. The third-order valence-corrected chi connectivity index (χ3v) is 5.71. The lowest BCUT2D eigenvalue weighted by molar-refractivity contribution is -0.129. The number of rotatable bonds is 5. The maximum absolute atomic E-state index is 12.9. The van der Waals surface area contributed by atoms with E-state index in [4.69, 9.17) is 18.9 Å². The second-order valence-corrected chi connectivity index (χ2v) is 8.77. The SMILES string of the molecule is COc1cc2c(c(OC)c1OC)-c1ccc(OC)c(=O)cc1[C@@H](NC(=O)C(C)(C)C)CC2. The number of nitrogens with one attached hydrogen (secondary N) is 1. The third kappa shape index (κ3) is 4.24.